The standard InChI is InChI=1S/C21H17.2C4H9.Ti/c1-2-15-13-17-9-6-12-20(21(17)14-15)19-11-5-8-16-7-3-4-10-18(16)19;2*1-3-4-2;/h3-14H,2H2,1H3;2*1,3-4H2,2H3;/q3*-1;+3. The number of fused-ring (bicyclic) bond motifs is 2. The summed E-state index contributed by atoms with van der Waals surface area (Å²) in [5.41, 5.74) is 4.08. The minimum Gasteiger partial charge on any atom is -0.343 e. The molecule has 4 rings (SSSR count). The molecular weight excluding hydrogens is 396 g/mol. The third-order valence-electron chi connectivity index (χ3n) is 5.01. The largest absolute Gasteiger partial charge is 3.00 e. The molecule has 0 spiro atoms. The van der Waals surface area contributed by atoms with Crippen LogP contribution in [-0.2, 0) is 28.1 Å². The van der Waals surface area contributed by atoms with Crippen LogP contribution in [-0.4, -0.2) is 0 Å². The van der Waals surface area contributed by atoms with Gasteiger partial charge < -0.3 is 13.8 Å². The number of hydrogen-bond donors (Lipinski definition) is 0. The van der Waals surface area contributed by atoms with E-state index in [9.17, 15) is 0 Å². The van der Waals surface area contributed by atoms with E-state index in [1.165, 1.54) is 51.1 Å². The molecule has 0 saturated carbocycles. The van der Waals surface area contributed by atoms with Gasteiger partial charge in [0, 0.05) is 0 Å². The van der Waals surface area contributed by atoms with Crippen molar-refractivity contribution in [1.29, 1.82) is 0 Å². The van der Waals surface area contributed by atoms with E-state index < -0.39 is 0 Å². The van der Waals surface area contributed by atoms with E-state index >= 15 is 0 Å². The smallest absolute Gasteiger partial charge is 0.343 e. The number of aryl methyl sites for hydroxylation is 1. The molecular formula is C29H35Ti. The van der Waals surface area contributed by atoms with Crippen LogP contribution in [0, 0.1) is 13.8 Å². The van der Waals surface area contributed by atoms with Crippen molar-refractivity contribution in [1.82, 2.24) is 0 Å². The molecule has 4 aromatic rings. The second kappa shape index (κ2) is 14.3. The summed E-state index contributed by atoms with van der Waals surface area (Å²) in [4.78, 5) is 0. The van der Waals surface area contributed by atoms with Gasteiger partial charge in [-0.15, -0.1) is 34.5 Å². The van der Waals surface area contributed by atoms with Crippen molar-refractivity contribution in [2.24, 2.45) is 0 Å². The van der Waals surface area contributed by atoms with E-state index in [4.69, 9.17) is 0 Å². The third kappa shape index (κ3) is 6.90. The Morgan fingerprint density at radius 1 is 0.700 bits per heavy atom. The van der Waals surface area contributed by atoms with Crippen molar-refractivity contribution < 1.29 is 21.7 Å². The molecule has 0 aliphatic carbocycles. The Balaban J connectivity index is 0.000000435. The minimum absolute atomic E-state index is 0. The number of benzene rings is 3. The van der Waals surface area contributed by atoms with Crippen molar-refractivity contribution in [3.63, 3.8) is 0 Å². The fourth-order valence-electron chi connectivity index (χ4n) is 3.20. The van der Waals surface area contributed by atoms with Crippen molar-refractivity contribution in [2.45, 2.75) is 52.9 Å². The van der Waals surface area contributed by atoms with Crippen LogP contribution in [0.5, 0.6) is 0 Å². The molecule has 0 nitrogen and oxygen atoms in total. The monoisotopic (exact) mass is 431 g/mol. The van der Waals surface area contributed by atoms with Gasteiger partial charge in [-0.2, -0.15) is 18.9 Å². The summed E-state index contributed by atoms with van der Waals surface area (Å²) in [6.07, 6.45) is 5.64. The number of hydrogen-bond acceptors (Lipinski definition) is 0. The molecule has 1 heteroatoms. The van der Waals surface area contributed by atoms with Gasteiger partial charge in [-0.25, -0.2) is 0 Å². The van der Waals surface area contributed by atoms with Gasteiger partial charge in [0.2, 0.25) is 0 Å². The summed E-state index contributed by atoms with van der Waals surface area (Å²) in [5, 5.41) is 5.34. The first-order chi connectivity index (χ1) is 14.2. The van der Waals surface area contributed by atoms with Crippen molar-refractivity contribution >= 4 is 21.5 Å². The maximum Gasteiger partial charge on any atom is 3.00 e. The number of rotatable bonds is 4. The molecule has 0 aromatic heterocycles. The molecule has 1 radical (unpaired) electrons. The van der Waals surface area contributed by atoms with Gasteiger partial charge in [-0.3, -0.25) is 0 Å². The van der Waals surface area contributed by atoms with Gasteiger partial charge in [0.05, 0.1) is 0 Å². The van der Waals surface area contributed by atoms with E-state index in [-0.39, 0.29) is 21.7 Å². The molecule has 0 N–H and O–H groups in total. The minimum atomic E-state index is 0. The zero-order valence-electron chi connectivity index (χ0n) is 18.9. The molecule has 0 unspecified atom stereocenters. The predicted octanol–water partition coefficient (Wildman–Crippen LogP) is 9.18. The molecule has 0 saturated heterocycles. The zero-order chi connectivity index (χ0) is 21.1. The van der Waals surface area contributed by atoms with Crippen molar-refractivity contribution in [3.05, 3.63) is 92.2 Å². The molecule has 0 bridgehead atoms. The fraction of sp³-hybridized carbons (Fsp3) is 0.276. The summed E-state index contributed by atoms with van der Waals surface area (Å²) in [7, 11) is 0. The Bertz CT molecular complexity index is 980. The van der Waals surface area contributed by atoms with Crippen molar-refractivity contribution in [3.8, 4) is 11.1 Å². The Morgan fingerprint density at radius 3 is 1.83 bits per heavy atom. The fourth-order valence-corrected chi connectivity index (χ4v) is 3.20. The normalized spacial score (nSPS) is 9.90. The summed E-state index contributed by atoms with van der Waals surface area (Å²) < 4.78 is 0. The Hall–Kier alpha value is -1.76. The van der Waals surface area contributed by atoms with Crippen LogP contribution >= 0.6 is 0 Å². The van der Waals surface area contributed by atoms with Gasteiger partial charge in [0.25, 0.3) is 0 Å². The molecule has 0 aliphatic rings. The maximum absolute atomic E-state index is 3.60. The van der Waals surface area contributed by atoms with Crippen LogP contribution in [0.1, 0.15) is 52.0 Å². The SMILES string of the molecule is CCc1cc2c(-c3cccc4ccccc34)cccc2[cH-]1.[CH2-]CCC.[CH2-]CCC.[Ti+3]. The number of unbranched alkanes of at least 4 members (excludes halogenated alkanes) is 2. The molecule has 0 atom stereocenters. The second-order valence-electron chi connectivity index (χ2n) is 7.26. The maximum atomic E-state index is 3.60. The molecule has 0 aliphatic heterocycles. The van der Waals surface area contributed by atoms with Crippen LogP contribution in [0.2, 0.25) is 0 Å². The van der Waals surface area contributed by atoms with Gasteiger partial charge in [-0.1, -0.05) is 87.7 Å². The summed E-state index contributed by atoms with van der Waals surface area (Å²) >= 11 is 0. The van der Waals surface area contributed by atoms with Gasteiger partial charge in [0.1, 0.15) is 0 Å². The first-order valence-electron chi connectivity index (χ1n) is 10.9. The molecule has 0 amide bonds. The topological polar surface area (TPSA) is 0 Å². The van der Waals surface area contributed by atoms with E-state index in [2.05, 4.69) is 107 Å². The average Bonchev–Trinajstić information content (AvgIpc) is 3.22. The van der Waals surface area contributed by atoms with Gasteiger partial charge in [-0.05, 0) is 22.8 Å². The van der Waals surface area contributed by atoms with Crippen LogP contribution in [0.15, 0.2) is 72.8 Å². The van der Waals surface area contributed by atoms with Crippen LogP contribution < -0.4 is 0 Å². The first kappa shape index (κ1) is 26.3. The third-order valence-corrected chi connectivity index (χ3v) is 5.01. The van der Waals surface area contributed by atoms with Crippen LogP contribution in [0.4, 0.5) is 0 Å². The summed E-state index contributed by atoms with van der Waals surface area (Å²) in [5.74, 6) is 0. The summed E-state index contributed by atoms with van der Waals surface area (Å²) in [6.45, 7) is 13.7. The van der Waals surface area contributed by atoms with E-state index in [0.717, 1.165) is 19.3 Å². The molecule has 4 aromatic carbocycles. The quantitative estimate of drug-likeness (QED) is 0.223. The second-order valence-corrected chi connectivity index (χ2v) is 7.26. The Labute approximate surface area is 199 Å². The molecule has 155 valence electrons. The Morgan fingerprint density at radius 2 is 1.23 bits per heavy atom. The zero-order valence-corrected chi connectivity index (χ0v) is 20.4. The molecule has 30 heavy (non-hydrogen) atoms. The molecule has 0 heterocycles. The molecule has 0 fully saturated rings. The Kier molecular flexibility index (Phi) is 12.5. The van der Waals surface area contributed by atoms with Gasteiger partial charge >= 0.3 is 21.7 Å². The van der Waals surface area contributed by atoms with Crippen LogP contribution in [0.3, 0.4) is 0 Å². The summed E-state index contributed by atoms with van der Waals surface area (Å²) in [6, 6.07) is 26.5. The first-order valence-corrected chi connectivity index (χ1v) is 10.9. The van der Waals surface area contributed by atoms with Crippen molar-refractivity contribution in [2.75, 3.05) is 0 Å². The predicted molar refractivity (Wildman–Crippen MR) is 132 cm³/mol. The van der Waals surface area contributed by atoms with Gasteiger partial charge in [0.15, 0.2) is 0 Å². The van der Waals surface area contributed by atoms with E-state index in [1.807, 2.05) is 0 Å². The van der Waals surface area contributed by atoms with E-state index in [1.54, 1.807) is 0 Å². The van der Waals surface area contributed by atoms with Crippen LogP contribution in [0.25, 0.3) is 32.7 Å². The average molecular weight is 431 g/mol. The van der Waals surface area contributed by atoms with E-state index in [0.29, 0.717) is 0 Å².